The van der Waals surface area contributed by atoms with Gasteiger partial charge in [0.25, 0.3) is 0 Å². The molecular formula is C14H11NO2S. The second-order valence-electron chi connectivity index (χ2n) is 4.84. The SMILES string of the molecule is O=C1c2c(sc3ccccc23)CN2C(=O)CC[C@@H]12. The number of rotatable bonds is 0. The van der Waals surface area contributed by atoms with Crippen LogP contribution >= 0.6 is 11.3 Å². The van der Waals surface area contributed by atoms with Gasteiger partial charge in [-0.2, -0.15) is 0 Å². The summed E-state index contributed by atoms with van der Waals surface area (Å²) in [5.74, 6) is 0.260. The number of fused-ring (bicyclic) bond motifs is 4. The third-order valence-corrected chi connectivity index (χ3v) is 5.02. The van der Waals surface area contributed by atoms with Gasteiger partial charge in [-0.3, -0.25) is 9.59 Å². The van der Waals surface area contributed by atoms with Crippen molar-refractivity contribution < 1.29 is 9.59 Å². The second kappa shape index (κ2) is 3.42. The summed E-state index contributed by atoms with van der Waals surface area (Å²) in [6.45, 7) is 0.615. The van der Waals surface area contributed by atoms with Crippen molar-refractivity contribution in [1.29, 1.82) is 0 Å². The molecule has 0 radical (unpaired) electrons. The Kier molecular flexibility index (Phi) is 1.95. The first-order valence-electron chi connectivity index (χ1n) is 6.10. The van der Waals surface area contributed by atoms with E-state index in [0.29, 0.717) is 19.4 Å². The van der Waals surface area contributed by atoms with E-state index in [0.717, 1.165) is 20.5 Å². The van der Waals surface area contributed by atoms with Gasteiger partial charge in [0.2, 0.25) is 5.91 Å². The van der Waals surface area contributed by atoms with Crippen molar-refractivity contribution in [3.8, 4) is 0 Å². The third kappa shape index (κ3) is 1.18. The molecule has 4 rings (SSSR count). The summed E-state index contributed by atoms with van der Waals surface area (Å²) >= 11 is 1.64. The molecule has 0 saturated carbocycles. The van der Waals surface area contributed by atoms with Crippen LogP contribution in [0, 0.1) is 0 Å². The van der Waals surface area contributed by atoms with Crippen LogP contribution in [0.1, 0.15) is 28.1 Å². The molecule has 2 aliphatic rings. The first kappa shape index (κ1) is 10.3. The van der Waals surface area contributed by atoms with Crippen LogP contribution in [0.5, 0.6) is 0 Å². The summed E-state index contributed by atoms with van der Waals surface area (Å²) in [5, 5.41) is 1.06. The van der Waals surface area contributed by atoms with Gasteiger partial charge >= 0.3 is 0 Å². The minimum Gasteiger partial charge on any atom is -0.327 e. The van der Waals surface area contributed by atoms with Gasteiger partial charge in [-0.25, -0.2) is 0 Å². The standard InChI is InChI=1S/C14H11NO2S/c16-12-6-5-9-14(17)13-8-3-1-2-4-10(8)18-11(13)7-15(9)12/h1-4,9H,5-7H2/t9-/m0/s1. The molecule has 3 nitrogen and oxygen atoms in total. The van der Waals surface area contributed by atoms with E-state index in [2.05, 4.69) is 0 Å². The molecule has 0 N–H and O–H groups in total. The Morgan fingerprint density at radius 1 is 1.22 bits per heavy atom. The first-order valence-corrected chi connectivity index (χ1v) is 6.91. The van der Waals surface area contributed by atoms with Crippen LogP contribution in [0.4, 0.5) is 0 Å². The van der Waals surface area contributed by atoms with Gasteiger partial charge < -0.3 is 4.90 Å². The zero-order valence-electron chi connectivity index (χ0n) is 9.68. The quantitative estimate of drug-likeness (QED) is 0.727. The zero-order chi connectivity index (χ0) is 12.3. The Balaban J connectivity index is 1.96. The number of ketones is 1. The number of benzene rings is 1. The average Bonchev–Trinajstić information content (AvgIpc) is 2.92. The van der Waals surface area contributed by atoms with E-state index in [1.54, 1.807) is 16.2 Å². The van der Waals surface area contributed by atoms with E-state index >= 15 is 0 Å². The summed E-state index contributed by atoms with van der Waals surface area (Å²) < 4.78 is 1.14. The van der Waals surface area contributed by atoms with Crippen LogP contribution in [0.15, 0.2) is 24.3 Å². The second-order valence-corrected chi connectivity index (χ2v) is 5.97. The lowest BCUT2D eigenvalue weighted by atomic mass is 9.96. The lowest BCUT2D eigenvalue weighted by molar-refractivity contribution is -0.129. The van der Waals surface area contributed by atoms with Crippen molar-refractivity contribution in [2.24, 2.45) is 0 Å². The zero-order valence-corrected chi connectivity index (χ0v) is 10.5. The molecule has 1 aromatic heterocycles. The number of nitrogens with zero attached hydrogens (tertiary/aromatic N) is 1. The maximum atomic E-state index is 12.5. The summed E-state index contributed by atoms with van der Waals surface area (Å²) in [7, 11) is 0. The molecule has 4 heteroatoms. The molecule has 0 unspecified atom stereocenters. The van der Waals surface area contributed by atoms with Crippen molar-refractivity contribution in [1.82, 2.24) is 4.90 Å². The highest BCUT2D eigenvalue weighted by atomic mass is 32.1. The number of hydrogen-bond acceptors (Lipinski definition) is 3. The molecule has 1 amide bonds. The van der Waals surface area contributed by atoms with E-state index < -0.39 is 0 Å². The van der Waals surface area contributed by atoms with Crippen LogP contribution in [0.25, 0.3) is 10.1 Å². The molecular weight excluding hydrogens is 246 g/mol. The Labute approximate surface area is 108 Å². The molecule has 0 spiro atoms. The molecule has 1 fully saturated rings. The van der Waals surface area contributed by atoms with Gasteiger partial charge in [0.15, 0.2) is 5.78 Å². The van der Waals surface area contributed by atoms with Crippen LogP contribution < -0.4 is 0 Å². The molecule has 1 atom stereocenters. The minimum absolute atomic E-state index is 0.122. The number of hydrogen-bond donors (Lipinski definition) is 0. The molecule has 90 valence electrons. The lowest BCUT2D eigenvalue weighted by Crippen LogP contribution is -2.41. The van der Waals surface area contributed by atoms with Crippen LogP contribution in [0.3, 0.4) is 0 Å². The third-order valence-electron chi connectivity index (χ3n) is 3.86. The van der Waals surface area contributed by atoms with Crippen molar-refractivity contribution in [2.75, 3.05) is 0 Å². The van der Waals surface area contributed by atoms with E-state index in [4.69, 9.17) is 0 Å². The predicted molar refractivity (Wildman–Crippen MR) is 69.7 cm³/mol. The maximum absolute atomic E-state index is 12.5. The smallest absolute Gasteiger partial charge is 0.223 e. The maximum Gasteiger partial charge on any atom is 0.223 e. The lowest BCUT2D eigenvalue weighted by Gasteiger charge is -2.28. The molecule has 3 heterocycles. The Hall–Kier alpha value is -1.68. The van der Waals surface area contributed by atoms with Crippen molar-refractivity contribution >= 4 is 33.1 Å². The fourth-order valence-electron chi connectivity index (χ4n) is 3.00. The summed E-state index contributed by atoms with van der Waals surface area (Å²) in [6.07, 6.45) is 1.20. The first-order chi connectivity index (χ1) is 8.75. The molecule has 18 heavy (non-hydrogen) atoms. The van der Waals surface area contributed by atoms with Gasteiger partial charge in [-0.1, -0.05) is 18.2 Å². The van der Waals surface area contributed by atoms with Gasteiger partial charge in [0.05, 0.1) is 12.6 Å². The highest BCUT2D eigenvalue weighted by Gasteiger charge is 2.42. The number of Topliss-reactive ketones (excluding diaryl/α,β-unsaturated/α-hetero) is 1. The topological polar surface area (TPSA) is 37.4 Å². The van der Waals surface area contributed by atoms with E-state index in [1.165, 1.54) is 0 Å². The highest BCUT2D eigenvalue weighted by molar-refractivity contribution is 7.19. The predicted octanol–water partition coefficient (Wildman–Crippen LogP) is 2.59. The van der Waals surface area contributed by atoms with Gasteiger partial charge in [0, 0.05) is 26.9 Å². The molecule has 2 aliphatic heterocycles. The van der Waals surface area contributed by atoms with Crippen molar-refractivity contribution in [3.63, 3.8) is 0 Å². The molecule has 2 aromatic rings. The molecule has 0 aliphatic carbocycles. The normalized spacial score (nSPS) is 22.4. The number of amides is 1. The van der Waals surface area contributed by atoms with Gasteiger partial charge in [0.1, 0.15) is 0 Å². The summed E-state index contributed by atoms with van der Waals surface area (Å²) in [4.78, 5) is 27.1. The van der Waals surface area contributed by atoms with Crippen molar-refractivity contribution in [2.45, 2.75) is 25.4 Å². The van der Waals surface area contributed by atoms with Crippen LogP contribution in [0.2, 0.25) is 0 Å². The van der Waals surface area contributed by atoms with Crippen molar-refractivity contribution in [3.05, 3.63) is 34.7 Å². The minimum atomic E-state index is -0.206. The van der Waals surface area contributed by atoms with Gasteiger partial charge in [-0.15, -0.1) is 11.3 Å². The number of carbonyl (C=O) groups excluding carboxylic acids is 2. The molecule has 0 bridgehead atoms. The fraction of sp³-hybridized carbons (Fsp3) is 0.286. The van der Waals surface area contributed by atoms with Gasteiger partial charge in [-0.05, 0) is 12.5 Å². The summed E-state index contributed by atoms with van der Waals surface area (Å²) in [6, 6.07) is 7.80. The van der Waals surface area contributed by atoms with E-state index in [-0.39, 0.29) is 17.7 Å². The Morgan fingerprint density at radius 2 is 2.06 bits per heavy atom. The fourth-order valence-corrected chi connectivity index (χ4v) is 4.21. The number of carbonyl (C=O) groups is 2. The monoisotopic (exact) mass is 257 g/mol. The van der Waals surface area contributed by atoms with Crippen LogP contribution in [-0.4, -0.2) is 22.6 Å². The molecule has 1 aromatic carbocycles. The molecule has 1 saturated heterocycles. The highest BCUT2D eigenvalue weighted by Crippen LogP contribution is 2.39. The van der Waals surface area contributed by atoms with Crippen LogP contribution in [-0.2, 0) is 11.3 Å². The Morgan fingerprint density at radius 3 is 2.94 bits per heavy atom. The number of thiophene rings is 1. The largest absolute Gasteiger partial charge is 0.327 e. The Bertz CT molecular complexity index is 688. The summed E-state index contributed by atoms with van der Waals surface area (Å²) in [5.41, 5.74) is 0.867. The van der Waals surface area contributed by atoms with E-state index in [1.807, 2.05) is 24.3 Å². The van der Waals surface area contributed by atoms with E-state index in [9.17, 15) is 9.59 Å². The average molecular weight is 257 g/mol.